The number of non-ortho nitro benzene ring substituents is 1. The van der Waals surface area contributed by atoms with Crippen LogP contribution in [-0.4, -0.2) is 44.8 Å². The second-order valence-corrected chi connectivity index (χ2v) is 10.5. The highest BCUT2D eigenvalue weighted by Gasteiger charge is 2.55. The molecule has 10 heteroatoms. The molecule has 2 aliphatic rings. The van der Waals surface area contributed by atoms with Gasteiger partial charge in [-0.05, 0) is 61.9 Å². The number of nitro benzene ring substituents is 1. The normalized spacial score (nSPS) is 22.1. The Labute approximate surface area is 231 Å². The number of amides is 2. The molecule has 1 fully saturated rings. The van der Waals surface area contributed by atoms with Gasteiger partial charge in [-0.25, -0.2) is 9.29 Å². The van der Waals surface area contributed by atoms with E-state index in [0.717, 1.165) is 22.5 Å². The summed E-state index contributed by atoms with van der Waals surface area (Å²) in [5.74, 6) is -4.58. The number of nitro groups is 1. The Bertz CT molecular complexity index is 1390. The van der Waals surface area contributed by atoms with Crippen molar-refractivity contribution >= 4 is 29.3 Å². The summed E-state index contributed by atoms with van der Waals surface area (Å²) in [4.78, 5) is 38.5. The number of carbonyl (C=O) groups excluding carboxylic acids is 2. The number of benzene rings is 2. The van der Waals surface area contributed by atoms with Crippen LogP contribution in [0.15, 0.2) is 59.2 Å². The number of aliphatic hydroxyl groups excluding tert-OH is 2. The van der Waals surface area contributed by atoms with E-state index >= 15 is 0 Å². The van der Waals surface area contributed by atoms with Gasteiger partial charge < -0.3 is 15.3 Å². The van der Waals surface area contributed by atoms with Crippen molar-refractivity contribution < 1.29 is 34.2 Å². The standard InChI is InChI=1S/C30H33FN2O7/c1-3-5-18(13-19-9-10-25(35)24(31)14-19)8-11-26(36)27-17(2)12-22-28(23(27)16-34)30(38)32(29(22)37)20-6-4-7-21(15-20)33(39)40/h4,6-7,9-10,13-15,22-23,26,28,34-36H,3,5,8,11-12,16H2,1-2H3/b18-13+/t22-,23+,26-,28-/m1/s1. The molecule has 0 bridgehead atoms. The number of aromatic hydroxyl groups is 1. The number of allylic oxidation sites excluding steroid dienone is 2. The molecule has 9 nitrogen and oxygen atoms in total. The quantitative estimate of drug-likeness (QED) is 0.165. The Kier molecular flexibility index (Phi) is 8.80. The van der Waals surface area contributed by atoms with Gasteiger partial charge in [-0.3, -0.25) is 19.7 Å². The number of phenols is 1. The number of carbonyl (C=O) groups is 2. The number of nitrogens with zero attached hydrogens (tertiary/aromatic N) is 2. The molecule has 40 heavy (non-hydrogen) atoms. The average Bonchev–Trinajstić information content (AvgIpc) is 3.17. The highest BCUT2D eigenvalue weighted by Crippen LogP contribution is 2.47. The maximum atomic E-state index is 13.8. The van der Waals surface area contributed by atoms with Crippen LogP contribution in [0.5, 0.6) is 5.75 Å². The fourth-order valence-electron chi connectivity index (χ4n) is 6.03. The summed E-state index contributed by atoms with van der Waals surface area (Å²) in [5.41, 5.74) is 2.70. The van der Waals surface area contributed by atoms with Crippen LogP contribution in [0.2, 0.25) is 0 Å². The first-order valence-electron chi connectivity index (χ1n) is 13.4. The number of rotatable bonds is 10. The van der Waals surface area contributed by atoms with E-state index in [-0.39, 0.29) is 17.8 Å². The smallest absolute Gasteiger partial charge is 0.271 e. The molecule has 3 N–H and O–H groups in total. The Hall–Kier alpha value is -3.89. The predicted molar refractivity (Wildman–Crippen MR) is 147 cm³/mol. The minimum Gasteiger partial charge on any atom is -0.505 e. The molecule has 0 radical (unpaired) electrons. The molecule has 2 aromatic carbocycles. The van der Waals surface area contributed by atoms with E-state index in [1.807, 2.05) is 13.0 Å². The molecule has 212 valence electrons. The van der Waals surface area contributed by atoms with Crippen molar-refractivity contribution in [3.8, 4) is 5.75 Å². The lowest BCUT2D eigenvalue weighted by Gasteiger charge is -2.35. The zero-order valence-electron chi connectivity index (χ0n) is 22.4. The number of phenolic OH excluding ortho intramolecular Hbond substituents is 1. The van der Waals surface area contributed by atoms with E-state index in [1.54, 1.807) is 13.0 Å². The van der Waals surface area contributed by atoms with Crippen molar-refractivity contribution in [3.05, 3.63) is 80.7 Å². The van der Waals surface area contributed by atoms with Crippen LogP contribution in [0, 0.1) is 33.7 Å². The third kappa shape index (κ3) is 5.68. The zero-order chi connectivity index (χ0) is 29.1. The minimum absolute atomic E-state index is 0.107. The maximum absolute atomic E-state index is 13.8. The number of aliphatic hydroxyl groups is 2. The molecule has 1 heterocycles. The van der Waals surface area contributed by atoms with Gasteiger partial charge in [0.2, 0.25) is 11.8 Å². The van der Waals surface area contributed by atoms with Gasteiger partial charge in [0.25, 0.3) is 5.69 Å². The second-order valence-electron chi connectivity index (χ2n) is 10.5. The van der Waals surface area contributed by atoms with Crippen molar-refractivity contribution in [2.24, 2.45) is 17.8 Å². The van der Waals surface area contributed by atoms with Crippen molar-refractivity contribution in [2.45, 2.75) is 52.1 Å². The first-order chi connectivity index (χ1) is 19.1. The van der Waals surface area contributed by atoms with Crippen LogP contribution in [0.4, 0.5) is 15.8 Å². The van der Waals surface area contributed by atoms with Crippen molar-refractivity contribution in [1.29, 1.82) is 0 Å². The summed E-state index contributed by atoms with van der Waals surface area (Å²) >= 11 is 0. The van der Waals surface area contributed by atoms with E-state index in [4.69, 9.17) is 0 Å². The fourth-order valence-corrected chi connectivity index (χ4v) is 6.03. The minimum atomic E-state index is -0.982. The lowest BCUT2D eigenvalue weighted by Crippen LogP contribution is -2.38. The molecule has 1 aliphatic heterocycles. The van der Waals surface area contributed by atoms with E-state index in [2.05, 4.69) is 0 Å². The average molecular weight is 553 g/mol. The van der Waals surface area contributed by atoms with Gasteiger partial charge >= 0.3 is 0 Å². The number of hydrogen-bond donors (Lipinski definition) is 3. The number of hydrogen-bond acceptors (Lipinski definition) is 7. The van der Waals surface area contributed by atoms with Crippen LogP contribution in [0.1, 0.15) is 51.5 Å². The van der Waals surface area contributed by atoms with Crippen molar-refractivity contribution in [3.63, 3.8) is 0 Å². The molecular weight excluding hydrogens is 519 g/mol. The zero-order valence-corrected chi connectivity index (χ0v) is 22.4. The summed E-state index contributed by atoms with van der Waals surface area (Å²) in [5, 5.41) is 42.4. The van der Waals surface area contributed by atoms with Crippen LogP contribution >= 0.6 is 0 Å². The molecule has 1 saturated heterocycles. The molecule has 4 atom stereocenters. The van der Waals surface area contributed by atoms with Gasteiger partial charge in [-0.2, -0.15) is 0 Å². The third-order valence-electron chi connectivity index (χ3n) is 7.84. The Balaban J connectivity index is 1.56. The predicted octanol–water partition coefficient (Wildman–Crippen LogP) is 4.90. The van der Waals surface area contributed by atoms with E-state index in [0.29, 0.717) is 30.4 Å². The number of fused-ring (bicyclic) bond motifs is 1. The molecule has 0 spiro atoms. The number of anilines is 1. The summed E-state index contributed by atoms with van der Waals surface area (Å²) < 4.78 is 13.8. The summed E-state index contributed by atoms with van der Waals surface area (Å²) in [7, 11) is 0. The summed E-state index contributed by atoms with van der Waals surface area (Å²) in [6.07, 6.45) is 3.40. The topological polar surface area (TPSA) is 141 Å². The van der Waals surface area contributed by atoms with Crippen LogP contribution in [0.25, 0.3) is 6.08 Å². The SMILES string of the molecule is CCC/C(=C\c1ccc(O)c(F)c1)CC[C@@H](O)C1=C(C)C[C@H]2C(=O)N(c3cccc([N+](=O)[O-])c3)C(=O)[C@H]2[C@H]1CO. The molecule has 4 rings (SSSR count). The van der Waals surface area contributed by atoms with Crippen molar-refractivity contribution in [1.82, 2.24) is 0 Å². The molecule has 0 unspecified atom stereocenters. The largest absolute Gasteiger partial charge is 0.505 e. The number of imide groups is 1. The van der Waals surface area contributed by atoms with Crippen molar-refractivity contribution in [2.75, 3.05) is 11.5 Å². The Morgan fingerprint density at radius 1 is 1.20 bits per heavy atom. The van der Waals surface area contributed by atoms with E-state index in [9.17, 15) is 39.4 Å². The first-order valence-corrected chi connectivity index (χ1v) is 13.4. The highest BCUT2D eigenvalue weighted by molar-refractivity contribution is 6.22. The van der Waals surface area contributed by atoms with Gasteiger partial charge in [0.1, 0.15) is 0 Å². The monoisotopic (exact) mass is 552 g/mol. The lowest BCUT2D eigenvalue weighted by molar-refractivity contribution is -0.384. The molecular formula is C30H33FN2O7. The van der Waals surface area contributed by atoms with Crippen LogP contribution < -0.4 is 4.90 Å². The first kappa shape index (κ1) is 29.1. The molecule has 1 aliphatic carbocycles. The molecule has 2 aromatic rings. The van der Waals surface area contributed by atoms with Gasteiger partial charge in [-0.1, -0.05) is 42.7 Å². The van der Waals surface area contributed by atoms with E-state index in [1.165, 1.54) is 36.4 Å². The molecule has 0 aromatic heterocycles. The highest BCUT2D eigenvalue weighted by atomic mass is 19.1. The van der Waals surface area contributed by atoms with E-state index < -0.39 is 58.8 Å². The third-order valence-corrected chi connectivity index (χ3v) is 7.84. The maximum Gasteiger partial charge on any atom is 0.271 e. The second kappa shape index (κ2) is 12.1. The number of halogens is 1. The fraction of sp³-hybridized carbons (Fsp3) is 0.400. The summed E-state index contributed by atoms with van der Waals surface area (Å²) in [6.45, 7) is 3.34. The molecule has 0 saturated carbocycles. The summed E-state index contributed by atoms with van der Waals surface area (Å²) in [6, 6.07) is 9.46. The van der Waals surface area contributed by atoms with Crippen LogP contribution in [0.3, 0.4) is 0 Å². The Morgan fingerprint density at radius 2 is 1.95 bits per heavy atom. The van der Waals surface area contributed by atoms with Gasteiger partial charge in [-0.15, -0.1) is 0 Å². The molecule has 2 amide bonds. The van der Waals surface area contributed by atoms with Gasteiger partial charge in [0, 0.05) is 18.1 Å². The van der Waals surface area contributed by atoms with Crippen LogP contribution in [-0.2, 0) is 9.59 Å². The lowest BCUT2D eigenvalue weighted by atomic mass is 9.68. The Morgan fingerprint density at radius 3 is 2.60 bits per heavy atom. The van der Waals surface area contributed by atoms with Gasteiger partial charge in [0.15, 0.2) is 11.6 Å². The van der Waals surface area contributed by atoms with Gasteiger partial charge in [0.05, 0.1) is 35.2 Å².